The van der Waals surface area contributed by atoms with Crippen molar-refractivity contribution in [3.8, 4) is 11.5 Å². The number of carbonyl (C=O) groups excluding carboxylic acids is 2. The van der Waals surface area contributed by atoms with Gasteiger partial charge in [-0.2, -0.15) is 0 Å². The smallest absolute Gasteiger partial charge is 0.327 e. The number of benzene rings is 1. The lowest BCUT2D eigenvalue weighted by molar-refractivity contribution is 0.0958. The number of urea groups is 1. The van der Waals surface area contributed by atoms with Crippen LogP contribution in [-0.4, -0.2) is 35.7 Å². The minimum absolute atomic E-state index is 0.192. The molecule has 1 aromatic carbocycles. The first kappa shape index (κ1) is 21.4. The Kier molecular flexibility index (Phi) is 5.56. The highest BCUT2D eigenvalue weighted by Crippen LogP contribution is 2.34. The Balaban J connectivity index is 1.46. The van der Waals surface area contributed by atoms with E-state index in [1.54, 1.807) is 36.2 Å². The number of carbonyl (C=O) groups is 2. The molecule has 9 heteroatoms. The third-order valence-corrected chi connectivity index (χ3v) is 5.10. The summed E-state index contributed by atoms with van der Waals surface area (Å²) < 4.78 is 11.2. The summed E-state index contributed by atoms with van der Waals surface area (Å²) in [6.07, 6.45) is 2.22. The number of pyridine rings is 1. The summed E-state index contributed by atoms with van der Waals surface area (Å²) in [4.78, 5) is 30.3. The van der Waals surface area contributed by atoms with E-state index in [4.69, 9.17) is 9.26 Å². The molecule has 0 fully saturated rings. The molecule has 0 unspecified atom stereocenters. The number of nitrogens with zero attached hydrogens (tertiary/aromatic N) is 3. The summed E-state index contributed by atoms with van der Waals surface area (Å²) in [5, 5.41) is 9.29. The molecule has 166 valence electrons. The first-order chi connectivity index (χ1) is 15.2. The van der Waals surface area contributed by atoms with Crippen LogP contribution < -0.4 is 20.3 Å². The molecule has 4 rings (SSSR count). The Bertz CT molecular complexity index is 1170. The molecule has 3 aromatic rings. The summed E-state index contributed by atoms with van der Waals surface area (Å²) in [6, 6.07) is 10.3. The van der Waals surface area contributed by atoms with E-state index in [-0.39, 0.29) is 23.0 Å². The van der Waals surface area contributed by atoms with Gasteiger partial charge in [0.25, 0.3) is 5.91 Å². The van der Waals surface area contributed by atoms with Gasteiger partial charge >= 0.3 is 6.03 Å². The van der Waals surface area contributed by atoms with Crippen molar-refractivity contribution in [3.63, 3.8) is 0 Å². The second-order valence-electron chi connectivity index (χ2n) is 8.51. The summed E-state index contributed by atoms with van der Waals surface area (Å²) >= 11 is 0. The molecule has 0 aliphatic carbocycles. The third-order valence-electron chi connectivity index (χ3n) is 5.10. The largest absolute Gasteiger partial charge is 0.457 e. The zero-order valence-electron chi connectivity index (χ0n) is 18.4. The predicted molar refractivity (Wildman–Crippen MR) is 119 cm³/mol. The molecule has 2 N–H and O–H groups in total. The normalized spacial score (nSPS) is 12.9. The van der Waals surface area contributed by atoms with E-state index in [1.165, 1.54) is 6.20 Å². The Morgan fingerprint density at radius 3 is 2.62 bits per heavy atom. The van der Waals surface area contributed by atoms with Gasteiger partial charge in [-0.3, -0.25) is 20.0 Å². The molecule has 3 heterocycles. The van der Waals surface area contributed by atoms with E-state index in [0.29, 0.717) is 36.0 Å². The molecule has 32 heavy (non-hydrogen) atoms. The predicted octanol–water partition coefficient (Wildman–Crippen LogP) is 4.11. The summed E-state index contributed by atoms with van der Waals surface area (Å²) in [5.74, 6) is 1.93. The van der Waals surface area contributed by atoms with Gasteiger partial charge in [0.15, 0.2) is 5.82 Å². The number of hydrogen-bond acceptors (Lipinski definition) is 6. The maximum absolute atomic E-state index is 12.8. The summed E-state index contributed by atoms with van der Waals surface area (Å²) in [6.45, 7) is 6.59. The van der Waals surface area contributed by atoms with E-state index in [1.807, 2.05) is 32.9 Å². The first-order valence-electron chi connectivity index (χ1n) is 10.3. The fourth-order valence-corrected chi connectivity index (χ4v) is 3.38. The molecule has 0 saturated carbocycles. The lowest BCUT2D eigenvalue weighted by Gasteiger charge is -2.17. The lowest BCUT2D eigenvalue weighted by atomic mass is 9.93. The quantitative estimate of drug-likeness (QED) is 0.638. The number of aromatic nitrogens is 2. The topological polar surface area (TPSA) is 110 Å². The Hall–Kier alpha value is -3.88. The second-order valence-corrected chi connectivity index (χ2v) is 8.51. The van der Waals surface area contributed by atoms with E-state index >= 15 is 0 Å². The van der Waals surface area contributed by atoms with Crippen molar-refractivity contribution in [2.45, 2.75) is 32.6 Å². The molecule has 0 atom stereocenters. The van der Waals surface area contributed by atoms with Gasteiger partial charge in [-0.1, -0.05) is 25.9 Å². The molecule has 1 aliphatic rings. The van der Waals surface area contributed by atoms with Crippen molar-refractivity contribution in [3.05, 3.63) is 59.6 Å². The van der Waals surface area contributed by atoms with Crippen molar-refractivity contribution in [1.29, 1.82) is 0 Å². The third kappa shape index (κ3) is 4.41. The number of ether oxygens (including phenoxy) is 1. The van der Waals surface area contributed by atoms with Gasteiger partial charge in [-0.25, -0.2) is 4.79 Å². The van der Waals surface area contributed by atoms with Gasteiger partial charge in [-0.05, 0) is 36.2 Å². The second kappa shape index (κ2) is 8.33. The highest BCUT2D eigenvalue weighted by molar-refractivity contribution is 6.02. The van der Waals surface area contributed by atoms with Gasteiger partial charge in [-0.15, -0.1) is 0 Å². The van der Waals surface area contributed by atoms with Crippen LogP contribution in [0.25, 0.3) is 0 Å². The molecule has 9 nitrogen and oxygen atoms in total. The van der Waals surface area contributed by atoms with Gasteiger partial charge in [0.2, 0.25) is 0 Å². The van der Waals surface area contributed by atoms with Crippen LogP contribution in [0.15, 0.2) is 47.1 Å². The number of hydrogen-bond donors (Lipinski definition) is 2. The molecule has 3 amide bonds. The molecule has 2 aromatic heterocycles. The van der Waals surface area contributed by atoms with Crippen molar-refractivity contribution < 1.29 is 18.8 Å². The molecular weight excluding hydrogens is 410 g/mol. The van der Waals surface area contributed by atoms with E-state index in [9.17, 15) is 9.59 Å². The number of nitrogens with one attached hydrogen (secondary N) is 2. The molecule has 0 saturated heterocycles. The number of amides is 3. The molecule has 1 aliphatic heterocycles. The van der Waals surface area contributed by atoms with Crippen LogP contribution in [0, 0.1) is 0 Å². The standard InChI is InChI=1S/C23H25N5O4/c1-23(2,3)19-13-20(27-32-19)26-22(30)28-10-8-14-11-15(5-6-18(14)28)31-16-7-9-25-17(12-16)21(29)24-4/h5-7,9,11-13H,8,10H2,1-4H3,(H,24,29)(H,26,27,30). The highest BCUT2D eigenvalue weighted by Gasteiger charge is 2.27. The first-order valence-corrected chi connectivity index (χ1v) is 10.3. The van der Waals surface area contributed by atoms with Crippen molar-refractivity contribution in [1.82, 2.24) is 15.5 Å². The molecule has 0 radical (unpaired) electrons. The number of fused-ring (bicyclic) bond motifs is 1. The Morgan fingerprint density at radius 1 is 1.12 bits per heavy atom. The van der Waals surface area contributed by atoms with Crippen LogP contribution in [0.5, 0.6) is 11.5 Å². The van der Waals surface area contributed by atoms with Crippen molar-refractivity contribution in [2.24, 2.45) is 0 Å². The molecule has 0 bridgehead atoms. The highest BCUT2D eigenvalue weighted by atomic mass is 16.5. The SMILES string of the molecule is CNC(=O)c1cc(Oc2ccc3c(c2)CCN3C(=O)Nc2cc(C(C)(C)C)on2)ccn1. The van der Waals surface area contributed by atoms with E-state index < -0.39 is 0 Å². The molecular formula is C23H25N5O4. The van der Waals surface area contributed by atoms with Gasteiger partial charge in [0, 0.05) is 43.0 Å². The summed E-state index contributed by atoms with van der Waals surface area (Å²) in [5.41, 5.74) is 1.89. The van der Waals surface area contributed by atoms with Crippen LogP contribution in [0.1, 0.15) is 42.6 Å². The molecule has 0 spiro atoms. The van der Waals surface area contributed by atoms with Gasteiger partial charge < -0.3 is 14.6 Å². The minimum atomic E-state index is -0.284. The van der Waals surface area contributed by atoms with Gasteiger partial charge in [0.1, 0.15) is 23.0 Å². The van der Waals surface area contributed by atoms with Crippen LogP contribution in [0.4, 0.5) is 16.3 Å². The maximum atomic E-state index is 12.8. The van der Waals surface area contributed by atoms with Crippen LogP contribution in [-0.2, 0) is 11.8 Å². The van der Waals surface area contributed by atoms with Gasteiger partial charge in [0.05, 0.1) is 0 Å². The zero-order valence-corrected chi connectivity index (χ0v) is 18.4. The van der Waals surface area contributed by atoms with Crippen molar-refractivity contribution in [2.75, 3.05) is 23.8 Å². The Labute approximate surface area is 185 Å². The minimum Gasteiger partial charge on any atom is -0.457 e. The zero-order chi connectivity index (χ0) is 22.9. The van der Waals surface area contributed by atoms with Crippen LogP contribution in [0.2, 0.25) is 0 Å². The average molecular weight is 435 g/mol. The maximum Gasteiger partial charge on any atom is 0.327 e. The van der Waals surface area contributed by atoms with Crippen LogP contribution in [0.3, 0.4) is 0 Å². The monoisotopic (exact) mass is 435 g/mol. The van der Waals surface area contributed by atoms with Crippen molar-refractivity contribution >= 4 is 23.4 Å². The number of anilines is 2. The Morgan fingerprint density at radius 2 is 1.91 bits per heavy atom. The van der Waals surface area contributed by atoms with Crippen LogP contribution >= 0.6 is 0 Å². The fraction of sp³-hybridized carbons (Fsp3) is 0.304. The van der Waals surface area contributed by atoms with E-state index in [0.717, 1.165) is 11.3 Å². The van der Waals surface area contributed by atoms with E-state index in [2.05, 4.69) is 20.8 Å². The lowest BCUT2D eigenvalue weighted by Crippen LogP contribution is -2.33. The number of rotatable bonds is 4. The fourth-order valence-electron chi connectivity index (χ4n) is 3.38. The summed E-state index contributed by atoms with van der Waals surface area (Å²) in [7, 11) is 1.55. The average Bonchev–Trinajstić information content (AvgIpc) is 3.40.